The molecule has 2 aromatic rings. The number of rotatable bonds is 0. The molecule has 1 heterocycles. The molecule has 0 saturated heterocycles. The van der Waals surface area contributed by atoms with Crippen LogP contribution in [-0.2, 0) is 0 Å². The summed E-state index contributed by atoms with van der Waals surface area (Å²) in [6, 6.07) is 4.45. The summed E-state index contributed by atoms with van der Waals surface area (Å²) in [6.45, 7) is 1.72. The standard InChI is InChI=1S/C10H7BrFNO/c1-5-8(11)10(14)6-3-2-4-7(12)9(6)13-5/h2-4H,1H3,(H,13,14). The van der Waals surface area contributed by atoms with Crippen LogP contribution in [0, 0.1) is 12.7 Å². The third kappa shape index (κ3) is 1.26. The summed E-state index contributed by atoms with van der Waals surface area (Å²) in [7, 11) is 0. The number of halogens is 2. The number of benzene rings is 1. The van der Waals surface area contributed by atoms with Gasteiger partial charge < -0.3 is 4.98 Å². The molecule has 0 amide bonds. The second-order valence-electron chi connectivity index (χ2n) is 3.06. The fraction of sp³-hybridized carbons (Fsp3) is 0.100. The van der Waals surface area contributed by atoms with E-state index in [1.165, 1.54) is 12.1 Å². The molecule has 0 saturated carbocycles. The van der Waals surface area contributed by atoms with Gasteiger partial charge in [0.25, 0.3) is 0 Å². The van der Waals surface area contributed by atoms with E-state index in [1.54, 1.807) is 13.0 Å². The summed E-state index contributed by atoms with van der Waals surface area (Å²) in [5.74, 6) is -0.407. The number of nitrogens with one attached hydrogen (secondary N) is 1. The van der Waals surface area contributed by atoms with Gasteiger partial charge in [-0.2, -0.15) is 0 Å². The van der Waals surface area contributed by atoms with Crippen molar-refractivity contribution in [1.82, 2.24) is 4.98 Å². The predicted molar refractivity (Wildman–Crippen MR) is 57.0 cm³/mol. The van der Waals surface area contributed by atoms with Gasteiger partial charge in [0.2, 0.25) is 5.43 Å². The molecule has 0 fully saturated rings. The van der Waals surface area contributed by atoms with Crippen LogP contribution in [0.5, 0.6) is 0 Å². The lowest BCUT2D eigenvalue weighted by atomic mass is 10.2. The van der Waals surface area contributed by atoms with Crippen molar-refractivity contribution in [3.63, 3.8) is 0 Å². The normalized spacial score (nSPS) is 10.8. The first-order valence-corrected chi connectivity index (χ1v) is 4.87. The third-order valence-corrected chi connectivity index (χ3v) is 3.05. The molecule has 0 unspecified atom stereocenters. The highest BCUT2D eigenvalue weighted by Crippen LogP contribution is 2.17. The number of aromatic nitrogens is 1. The second kappa shape index (κ2) is 3.20. The lowest BCUT2D eigenvalue weighted by molar-refractivity contribution is 0.636. The van der Waals surface area contributed by atoms with Gasteiger partial charge >= 0.3 is 0 Å². The van der Waals surface area contributed by atoms with Crippen molar-refractivity contribution in [1.29, 1.82) is 0 Å². The average molecular weight is 256 g/mol. The quantitative estimate of drug-likeness (QED) is 0.772. The smallest absolute Gasteiger partial charge is 0.203 e. The van der Waals surface area contributed by atoms with Gasteiger partial charge in [-0.1, -0.05) is 6.07 Å². The van der Waals surface area contributed by atoms with E-state index in [-0.39, 0.29) is 10.9 Å². The Morgan fingerprint density at radius 2 is 2.14 bits per heavy atom. The zero-order valence-corrected chi connectivity index (χ0v) is 8.98. The molecule has 2 nitrogen and oxygen atoms in total. The van der Waals surface area contributed by atoms with Gasteiger partial charge in [-0.25, -0.2) is 4.39 Å². The molecular weight excluding hydrogens is 249 g/mol. The minimum absolute atomic E-state index is 0.184. The Bertz CT molecular complexity index is 562. The summed E-state index contributed by atoms with van der Waals surface area (Å²) in [6.07, 6.45) is 0. The highest BCUT2D eigenvalue weighted by molar-refractivity contribution is 9.10. The Hall–Kier alpha value is -1.16. The first-order valence-electron chi connectivity index (χ1n) is 4.08. The van der Waals surface area contributed by atoms with Crippen molar-refractivity contribution in [2.75, 3.05) is 0 Å². The summed E-state index contributed by atoms with van der Waals surface area (Å²) < 4.78 is 13.7. The summed E-state index contributed by atoms with van der Waals surface area (Å²) in [5, 5.41) is 0.363. The van der Waals surface area contributed by atoms with Crippen LogP contribution in [0.4, 0.5) is 4.39 Å². The van der Waals surface area contributed by atoms with Gasteiger partial charge in [0.1, 0.15) is 5.82 Å². The van der Waals surface area contributed by atoms with Crippen molar-refractivity contribution in [2.45, 2.75) is 6.92 Å². The molecule has 0 bridgehead atoms. The molecule has 1 N–H and O–H groups in total. The molecule has 0 spiro atoms. The largest absolute Gasteiger partial charge is 0.355 e. The highest BCUT2D eigenvalue weighted by atomic mass is 79.9. The number of hydrogen-bond donors (Lipinski definition) is 1. The third-order valence-electron chi connectivity index (χ3n) is 2.10. The first kappa shape index (κ1) is 9.40. The Morgan fingerprint density at radius 3 is 2.86 bits per heavy atom. The molecule has 72 valence electrons. The Balaban J connectivity index is 3.06. The van der Waals surface area contributed by atoms with Crippen LogP contribution >= 0.6 is 15.9 Å². The molecule has 4 heteroatoms. The Labute approximate surface area is 87.9 Å². The number of para-hydroxylation sites is 1. The van der Waals surface area contributed by atoms with Crippen LogP contribution in [0.15, 0.2) is 27.5 Å². The van der Waals surface area contributed by atoms with E-state index in [1.807, 2.05) is 0 Å². The Kier molecular flexibility index (Phi) is 2.15. The zero-order valence-electron chi connectivity index (χ0n) is 7.40. The number of aryl methyl sites for hydroxylation is 1. The first-order chi connectivity index (χ1) is 6.61. The molecule has 1 aromatic heterocycles. The van der Waals surface area contributed by atoms with Crippen molar-refractivity contribution in [2.24, 2.45) is 0 Å². The number of hydrogen-bond acceptors (Lipinski definition) is 1. The average Bonchev–Trinajstić information content (AvgIpc) is 2.17. The van der Waals surface area contributed by atoms with E-state index in [2.05, 4.69) is 20.9 Å². The maximum atomic E-state index is 13.3. The van der Waals surface area contributed by atoms with Gasteiger partial charge in [-0.05, 0) is 35.0 Å². The fourth-order valence-electron chi connectivity index (χ4n) is 1.37. The van der Waals surface area contributed by atoms with Crippen molar-refractivity contribution < 1.29 is 4.39 Å². The number of H-pyrrole nitrogens is 1. The zero-order chi connectivity index (χ0) is 10.3. The van der Waals surface area contributed by atoms with Crippen LogP contribution in [0.2, 0.25) is 0 Å². The van der Waals surface area contributed by atoms with E-state index in [4.69, 9.17) is 0 Å². The molecule has 2 rings (SSSR count). The molecule has 1 aromatic carbocycles. The topological polar surface area (TPSA) is 32.9 Å². The van der Waals surface area contributed by atoms with Gasteiger partial charge in [0, 0.05) is 11.1 Å². The van der Waals surface area contributed by atoms with Crippen LogP contribution in [0.1, 0.15) is 5.69 Å². The molecule has 0 aliphatic carbocycles. The van der Waals surface area contributed by atoms with E-state index in [0.29, 0.717) is 15.6 Å². The van der Waals surface area contributed by atoms with Gasteiger partial charge in [-0.15, -0.1) is 0 Å². The van der Waals surface area contributed by atoms with E-state index in [0.717, 1.165) is 0 Å². The SMILES string of the molecule is Cc1[nH]c2c(F)cccc2c(=O)c1Br. The minimum atomic E-state index is -0.407. The van der Waals surface area contributed by atoms with Crippen molar-refractivity contribution in [3.05, 3.63) is 44.4 Å². The lowest BCUT2D eigenvalue weighted by Crippen LogP contribution is -2.07. The van der Waals surface area contributed by atoms with Crippen LogP contribution in [0.3, 0.4) is 0 Å². The monoisotopic (exact) mass is 255 g/mol. The molecule has 0 aliphatic heterocycles. The summed E-state index contributed by atoms with van der Waals surface area (Å²) in [4.78, 5) is 14.5. The fourth-order valence-corrected chi connectivity index (χ4v) is 1.68. The molecule has 14 heavy (non-hydrogen) atoms. The van der Waals surface area contributed by atoms with Gasteiger partial charge in [-0.3, -0.25) is 4.79 Å². The second-order valence-corrected chi connectivity index (χ2v) is 3.85. The van der Waals surface area contributed by atoms with Gasteiger partial charge in [0.05, 0.1) is 9.99 Å². The number of pyridine rings is 1. The van der Waals surface area contributed by atoms with E-state index >= 15 is 0 Å². The number of fused-ring (bicyclic) bond motifs is 1. The summed E-state index contributed by atoms with van der Waals surface area (Å²) >= 11 is 3.16. The van der Waals surface area contributed by atoms with E-state index < -0.39 is 5.82 Å². The van der Waals surface area contributed by atoms with Crippen molar-refractivity contribution in [3.8, 4) is 0 Å². The molecule has 0 radical (unpaired) electrons. The molecule has 0 atom stereocenters. The lowest BCUT2D eigenvalue weighted by Gasteiger charge is -2.03. The van der Waals surface area contributed by atoms with Crippen LogP contribution in [-0.4, -0.2) is 4.98 Å². The van der Waals surface area contributed by atoms with Crippen LogP contribution in [0.25, 0.3) is 10.9 Å². The van der Waals surface area contributed by atoms with Gasteiger partial charge in [0.15, 0.2) is 0 Å². The maximum absolute atomic E-state index is 13.3. The Morgan fingerprint density at radius 1 is 1.43 bits per heavy atom. The number of aromatic amines is 1. The maximum Gasteiger partial charge on any atom is 0.203 e. The minimum Gasteiger partial charge on any atom is -0.355 e. The molecular formula is C10H7BrFNO. The highest BCUT2D eigenvalue weighted by Gasteiger charge is 2.08. The van der Waals surface area contributed by atoms with Crippen LogP contribution < -0.4 is 5.43 Å². The predicted octanol–water partition coefficient (Wildman–Crippen LogP) is 2.74. The van der Waals surface area contributed by atoms with Crippen molar-refractivity contribution >= 4 is 26.8 Å². The summed E-state index contributed by atoms with van der Waals surface area (Å²) in [5.41, 5.74) is 0.710. The van der Waals surface area contributed by atoms with E-state index in [9.17, 15) is 9.18 Å². The molecule has 0 aliphatic rings.